The maximum absolute atomic E-state index is 12.9. The van der Waals surface area contributed by atoms with Crippen molar-refractivity contribution in [2.24, 2.45) is 10.7 Å². The number of nitrogens with two attached hydrogens (primary N) is 1. The summed E-state index contributed by atoms with van der Waals surface area (Å²) < 4.78 is 28.2. The van der Waals surface area contributed by atoms with Crippen molar-refractivity contribution in [1.82, 2.24) is 9.80 Å². The Morgan fingerprint density at radius 2 is 1.45 bits per heavy atom. The number of hydrogen-bond donors (Lipinski definition) is 3. The summed E-state index contributed by atoms with van der Waals surface area (Å²) in [5.41, 5.74) is 9.18. The van der Waals surface area contributed by atoms with Crippen molar-refractivity contribution < 1.29 is 18.0 Å². The lowest BCUT2D eigenvalue weighted by atomic mass is 10.1. The molecule has 0 unspecified atom stereocenters. The van der Waals surface area contributed by atoms with Crippen molar-refractivity contribution >= 4 is 38.9 Å². The number of benzene rings is 3. The van der Waals surface area contributed by atoms with Gasteiger partial charge in [-0.3, -0.25) is 14.3 Å². The predicted molar refractivity (Wildman–Crippen MR) is 166 cm³/mol. The van der Waals surface area contributed by atoms with Crippen molar-refractivity contribution in [3.05, 3.63) is 114 Å². The molecule has 4 N–H and O–H groups in total. The van der Waals surface area contributed by atoms with Crippen LogP contribution in [0.3, 0.4) is 0 Å². The van der Waals surface area contributed by atoms with Crippen LogP contribution in [-0.4, -0.2) is 61.9 Å². The number of aliphatic imine (C=N–C) groups is 1. The van der Waals surface area contributed by atoms with Crippen LogP contribution in [-0.2, 0) is 14.8 Å². The number of nitrogens with one attached hydrogen (secondary N) is 2. The third kappa shape index (κ3) is 7.43. The van der Waals surface area contributed by atoms with Crippen molar-refractivity contribution in [1.29, 1.82) is 0 Å². The number of aryl methyl sites for hydroxylation is 1. The highest BCUT2D eigenvalue weighted by molar-refractivity contribution is 7.92. The highest BCUT2D eigenvalue weighted by atomic mass is 32.2. The molecule has 0 aromatic heterocycles. The molecular formula is C31H34N6O4S. The van der Waals surface area contributed by atoms with Gasteiger partial charge in [0.25, 0.3) is 15.9 Å². The zero-order valence-electron chi connectivity index (χ0n) is 23.6. The van der Waals surface area contributed by atoms with Crippen LogP contribution in [0.2, 0.25) is 0 Å². The van der Waals surface area contributed by atoms with E-state index in [2.05, 4.69) is 21.6 Å². The molecule has 3 aromatic rings. The number of rotatable bonds is 9. The van der Waals surface area contributed by atoms with E-state index in [1.165, 1.54) is 13.1 Å². The summed E-state index contributed by atoms with van der Waals surface area (Å²) in [6, 6.07) is 20.6. The lowest BCUT2D eigenvalue weighted by Crippen LogP contribution is -2.50. The molecule has 218 valence electrons. The molecule has 11 heteroatoms. The molecule has 2 amide bonds. The summed E-state index contributed by atoms with van der Waals surface area (Å²) in [7, 11) is -3.74. The summed E-state index contributed by atoms with van der Waals surface area (Å²) >= 11 is 0. The van der Waals surface area contributed by atoms with Gasteiger partial charge in [-0.15, -0.1) is 0 Å². The van der Waals surface area contributed by atoms with E-state index in [9.17, 15) is 18.0 Å². The molecule has 0 aliphatic carbocycles. The summed E-state index contributed by atoms with van der Waals surface area (Å²) in [5.74, 6) is 0.275. The minimum absolute atomic E-state index is 0.0175. The van der Waals surface area contributed by atoms with E-state index in [0.717, 1.165) is 0 Å². The van der Waals surface area contributed by atoms with E-state index >= 15 is 0 Å². The second-order valence-corrected chi connectivity index (χ2v) is 11.4. The van der Waals surface area contributed by atoms with E-state index < -0.39 is 10.0 Å². The van der Waals surface area contributed by atoms with Crippen LogP contribution in [0.5, 0.6) is 0 Å². The standard InChI is InChI=1S/C31H34N6O4S/c1-22-6-4-5-7-30(22)42(40,41)35-28-14-8-25(9-15-28)29(16-17-32)34-23(2)33-27-12-10-26(11-13-27)31(39)37-20-18-36(19-21-37)24(3)38/h4-17,33,35H,2,18-21,32H2,1,3H3/b17-16-,34-29?. The maximum atomic E-state index is 12.9. The second kappa shape index (κ2) is 13.2. The van der Waals surface area contributed by atoms with Crippen LogP contribution in [0.15, 0.2) is 107 Å². The predicted octanol–water partition coefficient (Wildman–Crippen LogP) is 3.94. The molecule has 0 radical (unpaired) electrons. The largest absolute Gasteiger partial charge is 0.405 e. The molecule has 1 heterocycles. The number of sulfonamides is 1. The molecule has 4 rings (SSSR count). The summed E-state index contributed by atoms with van der Waals surface area (Å²) in [4.78, 5) is 32.7. The van der Waals surface area contributed by atoms with Crippen molar-refractivity contribution in [3.63, 3.8) is 0 Å². The smallest absolute Gasteiger partial charge is 0.262 e. The lowest BCUT2D eigenvalue weighted by Gasteiger charge is -2.34. The molecular weight excluding hydrogens is 552 g/mol. The maximum Gasteiger partial charge on any atom is 0.262 e. The van der Waals surface area contributed by atoms with Gasteiger partial charge in [-0.2, -0.15) is 0 Å². The Hall–Kier alpha value is -4.90. The fourth-order valence-electron chi connectivity index (χ4n) is 4.51. The van der Waals surface area contributed by atoms with Gasteiger partial charge in [-0.1, -0.05) is 36.9 Å². The average Bonchev–Trinajstić information content (AvgIpc) is 2.97. The number of carbonyl (C=O) groups excluding carboxylic acids is 2. The van der Waals surface area contributed by atoms with Gasteiger partial charge in [-0.05, 0) is 67.2 Å². The van der Waals surface area contributed by atoms with Gasteiger partial charge < -0.3 is 20.9 Å². The zero-order chi connectivity index (χ0) is 30.3. The van der Waals surface area contributed by atoms with Crippen LogP contribution in [0.25, 0.3) is 0 Å². The number of amides is 2. The summed E-state index contributed by atoms with van der Waals surface area (Å²) in [6.45, 7) is 9.33. The first-order valence-corrected chi connectivity index (χ1v) is 14.8. The Morgan fingerprint density at radius 3 is 2.05 bits per heavy atom. The Balaban J connectivity index is 1.40. The Morgan fingerprint density at radius 1 is 0.881 bits per heavy atom. The first-order valence-electron chi connectivity index (χ1n) is 13.3. The average molecular weight is 587 g/mol. The summed E-state index contributed by atoms with van der Waals surface area (Å²) in [5, 5.41) is 3.11. The van der Waals surface area contributed by atoms with E-state index in [0.29, 0.717) is 65.8 Å². The van der Waals surface area contributed by atoms with Crippen LogP contribution in [0.4, 0.5) is 11.4 Å². The minimum atomic E-state index is -3.74. The molecule has 10 nitrogen and oxygen atoms in total. The third-order valence-corrected chi connectivity index (χ3v) is 8.30. The number of anilines is 2. The Bertz CT molecular complexity index is 1620. The number of piperazine rings is 1. The fourth-order valence-corrected chi connectivity index (χ4v) is 5.82. The fraction of sp³-hybridized carbons (Fsp3) is 0.194. The Kier molecular flexibility index (Phi) is 9.43. The normalized spacial score (nSPS) is 14.1. The SMILES string of the molecule is C=C(N=C(/C=C\N)c1ccc(NS(=O)(=O)c2ccccc2C)cc1)Nc1ccc(C(=O)N2CCN(C(C)=O)CC2)cc1. The topological polar surface area (TPSA) is 137 Å². The molecule has 0 spiro atoms. The van der Waals surface area contributed by atoms with Crippen LogP contribution in [0.1, 0.15) is 28.4 Å². The van der Waals surface area contributed by atoms with Gasteiger partial charge in [0.15, 0.2) is 0 Å². The molecule has 1 aliphatic rings. The molecule has 42 heavy (non-hydrogen) atoms. The van der Waals surface area contributed by atoms with Crippen LogP contribution in [0, 0.1) is 6.92 Å². The van der Waals surface area contributed by atoms with E-state index in [-0.39, 0.29) is 16.7 Å². The highest BCUT2D eigenvalue weighted by Crippen LogP contribution is 2.21. The van der Waals surface area contributed by atoms with Crippen molar-refractivity contribution in [2.75, 3.05) is 36.2 Å². The first kappa shape index (κ1) is 30.1. The summed E-state index contributed by atoms with van der Waals surface area (Å²) in [6.07, 6.45) is 2.98. The monoisotopic (exact) mass is 586 g/mol. The number of carbonyl (C=O) groups is 2. The van der Waals surface area contributed by atoms with Gasteiger partial charge in [0, 0.05) is 55.6 Å². The van der Waals surface area contributed by atoms with Crippen molar-refractivity contribution in [2.45, 2.75) is 18.7 Å². The zero-order valence-corrected chi connectivity index (χ0v) is 24.4. The van der Waals surface area contributed by atoms with Gasteiger partial charge >= 0.3 is 0 Å². The number of hydrogen-bond acceptors (Lipinski definition) is 7. The lowest BCUT2D eigenvalue weighted by molar-refractivity contribution is -0.130. The third-order valence-electron chi connectivity index (χ3n) is 6.76. The van der Waals surface area contributed by atoms with Gasteiger partial charge in [0.05, 0.1) is 10.6 Å². The number of allylic oxidation sites excluding steroid dienone is 1. The van der Waals surface area contributed by atoms with E-state index in [1.54, 1.807) is 95.6 Å². The van der Waals surface area contributed by atoms with Gasteiger partial charge in [-0.25, -0.2) is 13.4 Å². The molecule has 0 bridgehead atoms. The first-order chi connectivity index (χ1) is 20.1. The quantitative estimate of drug-likeness (QED) is 0.325. The molecule has 1 fully saturated rings. The molecule has 0 atom stereocenters. The molecule has 3 aromatic carbocycles. The Labute approximate surface area is 246 Å². The van der Waals surface area contributed by atoms with Gasteiger partial charge in [0.1, 0.15) is 5.82 Å². The van der Waals surface area contributed by atoms with E-state index in [4.69, 9.17) is 5.73 Å². The molecule has 1 saturated heterocycles. The minimum Gasteiger partial charge on any atom is -0.405 e. The molecule has 0 saturated carbocycles. The van der Waals surface area contributed by atoms with Crippen LogP contribution >= 0.6 is 0 Å². The molecule has 1 aliphatic heterocycles. The van der Waals surface area contributed by atoms with Crippen molar-refractivity contribution in [3.8, 4) is 0 Å². The highest BCUT2D eigenvalue weighted by Gasteiger charge is 2.23. The second-order valence-electron chi connectivity index (χ2n) is 9.75. The van der Waals surface area contributed by atoms with E-state index in [1.807, 2.05) is 0 Å². The number of nitrogens with zero attached hydrogens (tertiary/aromatic N) is 3. The van der Waals surface area contributed by atoms with Gasteiger partial charge in [0.2, 0.25) is 5.91 Å². The van der Waals surface area contributed by atoms with Crippen LogP contribution < -0.4 is 15.8 Å².